The molecule has 0 radical (unpaired) electrons. The second kappa shape index (κ2) is 4.04. The third-order valence-electron chi connectivity index (χ3n) is 3.01. The summed E-state index contributed by atoms with van der Waals surface area (Å²) in [6.45, 7) is 0. The molecule has 0 aliphatic carbocycles. The molecular weight excluding hydrogens is 226 g/mol. The molecule has 1 heterocycles. The van der Waals surface area contributed by atoms with E-state index in [1.54, 1.807) is 12.1 Å². The average Bonchev–Trinajstić information content (AvgIpc) is 2.82. The molecule has 0 atom stereocenters. The second-order valence-electron chi connectivity index (χ2n) is 4.13. The first-order valence-corrected chi connectivity index (χ1v) is 5.65. The number of H-pyrrole nitrogens is 1. The van der Waals surface area contributed by atoms with E-state index in [-0.39, 0.29) is 0 Å². The Morgan fingerprint density at radius 3 is 2.56 bits per heavy atom. The number of rotatable bonds is 2. The molecule has 0 saturated heterocycles. The highest BCUT2D eigenvalue weighted by molar-refractivity contribution is 5.99. The molecule has 0 saturated carbocycles. The van der Waals surface area contributed by atoms with E-state index < -0.39 is 5.97 Å². The molecule has 0 fully saturated rings. The van der Waals surface area contributed by atoms with Crippen LogP contribution in [0.25, 0.3) is 22.0 Å². The van der Waals surface area contributed by atoms with Gasteiger partial charge in [-0.3, -0.25) is 0 Å². The maximum Gasteiger partial charge on any atom is 0.335 e. The van der Waals surface area contributed by atoms with Crippen LogP contribution in [0.3, 0.4) is 0 Å². The van der Waals surface area contributed by atoms with Crippen LogP contribution in [0.15, 0.2) is 54.7 Å². The quantitative estimate of drug-likeness (QED) is 0.716. The second-order valence-corrected chi connectivity index (χ2v) is 4.13. The standard InChI is InChI=1S/C15H11NO2/c17-15(18)11-6-7-12-13(9-16-14(12)8-11)10-4-2-1-3-5-10/h1-9,16H,(H,17,18). The van der Waals surface area contributed by atoms with Crippen molar-refractivity contribution in [3.63, 3.8) is 0 Å². The number of benzene rings is 2. The average molecular weight is 237 g/mol. The van der Waals surface area contributed by atoms with Crippen LogP contribution in [0.1, 0.15) is 10.4 Å². The van der Waals surface area contributed by atoms with Gasteiger partial charge in [-0.1, -0.05) is 36.4 Å². The highest BCUT2D eigenvalue weighted by atomic mass is 16.4. The lowest BCUT2D eigenvalue weighted by molar-refractivity contribution is 0.0697. The van der Waals surface area contributed by atoms with Crippen LogP contribution in [0, 0.1) is 0 Å². The lowest BCUT2D eigenvalue weighted by atomic mass is 10.0. The third-order valence-corrected chi connectivity index (χ3v) is 3.01. The Bertz CT molecular complexity index is 714. The van der Waals surface area contributed by atoms with Gasteiger partial charge in [-0.25, -0.2) is 4.79 Å². The van der Waals surface area contributed by atoms with Crippen molar-refractivity contribution in [1.29, 1.82) is 0 Å². The van der Waals surface area contributed by atoms with Crippen LogP contribution in [0.2, 0.25) is 0 Å². The zero-order valence-electron chi connectivity index (χ0n) is 9.55. The Morgan fingerprint density at radius 2 is 1.83 bits per heavy atom. The van der Waals surface area contributed by atoms with Crippen LogP contribution in [0.5, 0.6) is 0 Å². The molecule has 0 unspecified atom stereocenters. The van der Waals surface area contributed by atoms with Crippen molar-refractivity contribution in [2.24, 2.45) is 0 Å². The van der Waals surface area contributed by atoms with Gasteiger partial charge < -0.3 is 10.1 Å². The highest BCUT2D eigenvalue weighted by Crippen LogP contribution is 2.28. The van der Waals surface area contributed by atoms with Gasteiger partial charge in [-0.2, -0.15) is 0 Å². The summed E-state index contributed by atoms with van der Waals surface area (Å²) in [5.74, 6) is -0.909. The van der Waals surface area contributed by atoms with E-state index in [0.29, 0.717) is 5.56 Å². The fraction of sp³-hybridized carbons (Fsp3) is 0. The summed E-state index contributed by atoms with van der Waals surface area (Å²) in [4.78, 5) is 14.0. The Kier molecular flexibility index (Phi) is 2.38. The maximum absolute atomic E-state index is 10.9. The normalized spacial score (nSPS) is 10.7. The molecule has 3 rings (SSSR count). The minimum atomic E-state index is -0.909. The van der Waals surface area contributed by atoms with E-state index in [2.05, 4.69) is 4.98 Å². The molecular formula is C15H11NO2. The zero-order valence-corrected chi connectivity index (χ0v) is 9.55. The summed E-state index contributed by atoms with van der Waals surface area (Å²) in [6.07, 6.45) is 1.91. The van der Waals surface area contributed by atoms with Crippen molar-refractivity contribution in [2.45, 2.75) is 0 Å². The number of aromatic carboxylic acids is 1. The van der Waals surface area contributed by atoms with Crippen LogP contribution in [0.4, 0.5) is 0 Å². The van der Waals surface area contributed by atoms with Crippen molar-refractivity contribution < 1.29 is 9.90 Å². The van der Waals surface area contributed by atoms with Crippen molar-refractivity contribution in [1.82, 2.24) is 4.98 Å². The van der Waals surface area contributed by atoms with Gasteiger partial charge in [-0.05, 0) is 17.7 Å². The largest absolute Gasteiger partial charge is 0.478 e. The fourth-order valence-electron chi connectivity index (χ4n) is 2.12. The summed E-state index contributed by atoms with van der Waals surface area (Å²) < 4.78 is 0. The fourth-order valence-corrected chi connectivity index (χ4v) is 2.12. The number of aromatic nitrogens is 1. The molecule has 0 aliphatic heterocycles. The van der Waals surface area contributed by atoms with Crippen molar-refractivity contribution in [3.05, 3.63) is 60.3 Å². The predicted octanol–water partition coefficient (Wildman–Crippen LogP) is 3.53. The van der Waals surface area contributed by atoms with Crippen molar-refractivity contribution in [2.75, 3.05) is 0 Å². The Balaban J connectivity index is 2.19. The molecule has 2 aromatic carbocycles. The molecule has 0 bridgehead atoms. The van der Waals surface area contributed by atoms with E-state index in [9.17, 15) is 4.79 Å². The van der Waals surface area contributed by atoms with Crippen molar-refractivity contribution in [3.8, 4) is 11.1 Å². The SMILES string of the molecule is O=C(O)c1ccc2c(-c3ccccc3)c[nH]c2c1. The van der Waals surface area contributed by atoms with Gasteiger partial charge in [0.15, 0.2) is 0 Å². The number of carboxylic acids is 1. The Hall–Kier alpha value is -2.55. The number of carbonyl (C=O) groups is 1. The van der Waals surface area contributed by atoms with Crippen LogP contribution in [-0.4, -0.2) is 16.1 Å². The lowest BCUT2D eigenvalue weighted by Crippen LogP contribution is -1.94. The number of carboxylic acid groups (broad SMARTS) is 1. The molecule has 1 aromatic heterocycles. The van der Waals surface area contributed by atoms with Crippen molar-refractivity contribution >= 4 is 16.9 Å². The van der Waals surface area contributed by atoms with Gasteiger partial charge in [0.2, 0.25) is 0 Å². The van der Waals surface area contributed by atoms with Gasteiger partial charge >= 0.3 is 5.97 Å². The molecule has 0 aliphatic rings. The smallest absolute Gasteiger partial charge is 0.335 e. The van der Waals surface area contributed by atoms with E-state index in [1.165, 1.54) is 0 Å². The molecule has 3 aromatic rings. The first-order valence-electron chi connectivity index (χ1n) is 5.65. The minimum Gasteiger partial charge on any atom is -0.478 e. The Morgan fingerprint density at radius 1 is 1.06 bits per heavy atom. The highest BCUT2D eigenvalue weighted by Gasteiger charge is 2.08. The van der Waals surface area contributed by atoms with Gasteiger partial charge in [-0.15, -0.1) is 0 Å². The number of fused-ring (bicyclic) bond motifs is 1. The minimum absolute atomic E-state index is 0.295. The summed E-state index contributed by atoms with van der Waals surface area (Å²) in [6, 6.07) is 15.1. The number of nitrogens with one attached hydrogen (secondary N) is 1. The molecule has 0 spiro atoms. The maximum atomic E-state index is 10.9. The number of hydrogen-bond donors (Lipinski definition) is 2. The van der Waals surface area contributed by atoms with E-state index in [0.717, 1.165) is 22.0 Å². The molecule has 2 N–H and O–H groups in total. The van der Waals surface area contributed by atoms with E-state index >= 15 is 0 Å². The van der Waals surface area contributed by atoms with Gasteiger partial charge in [0, 0.05) is 22.7 Å². The number of aromatic amines is 1. The topological polar surface area (TPSA) is 53.1 Å². The molecule has 0 amide bonds. The van der Waals surface area contributed by atoms with E-state index in [4.69, 9.17) is 5.11 Å². The first-order chi connectivity index (χ1) is 8.75. The summed E-state index contributed by atoms with van der Waals surface area (Å²) in [5, 5.41) is 9.99. The van der Waals surface area contributed by atoms with Gasteiger partial charge in [0.1, 0.15) is 0 Å². The predicted molar refractivity (Wildman–Crippen MR) is 70.7 cm³/mol. The van der Waals surface area contributed by atoms with Gasteiger partial charge in [0.05, 0.1) is 5.56 Å². The summed E-state index contributed by atoms with van der Waals surface area (Å²) in [5.41, 5.74) is 3.34. The first kappa shape index (κ1) is 10.6. The van der Waals surface area contributed by atoms with Gasteiger partial charge in [0.25, 0.3) is 0 Å². The van der Waals surface area contributed by atoms with E-state index in [1.807, 2.05) is 42.6 Å². The molecule has 3 heteroatoms. The number of hydrogen-bond acceptors (Lipinski definition) is 1. The van der Waals surface area contributed by atoms with Crippen LogP contribution >= 0.6 is 0 Å². The van der Waals surface area contributed by atoms with Crippen LogP contribution < -0.4 is 0 Å². The van der Waals surface area contributed by atoms with Crippen LogP contribution in [-0.2, 0) is 0 Å². The zero-order chi connectivity index (χ0) is 12.5. The third kappa shape index (κ3) is 1.66. The summed E-state index contributed by atoms with van der Waals surface area (Å²) >= 11 is 0. The lowest BCUT2D eigenvalue weighted by Gasteiger charge is -1.99. The Labute approximate surface area is 104 Å². The monoisotopic (exact) mass is 237 g/mol. The molecule has 88 valence electrons. The molecule has 3 nitrogen and oxygen atoms in total. The molecule has 18 heavy (non-hydrogen) atoms. The summed E-state index contributed by atoms with van der Waals surface area (Å²) in [7, 11) is 0.